The molecule has 0 radical (unpaired) electrons. The predicted octanol–water partition coefficient (Wildman–Crippen LogP) is 1.93. The van der Waals surface area contributed by atoms with E-state index in [4.69, 9.17) is 9.52 Å². The van der Waals surface area contributed by atoms with Crippen LogP contribution in [0.4, 0.5) is 5.69 Å². The number of anilines is 1. The summed E-state index contributed by atoms with van der Waals surface area (Å²) in [5, 5.41) is 17.1. The average molecular weight is 353 g/mol. The van der Waals surface area contributed by atoms with Crippen LogP contribution in [0.2, 0.25) is 0 Å². The van der Waals surface area contributed by atoms with Crippen molar-refractivity contribution in [1.82, 2.24) is 5.01 Å². The maximum Gasteiger partial charge on any atom is 0.303 e. The number of hydrazone groups is 1. The molecule has 3 heterocycles. The van der Waals surface area contributed by atoms with Crippen molar-refractivity contribution in [2.45, 2.75) is 24.8 Å². The van der Waals surface area contributed by atoms with Gasteiger partial charge < -0.3 is 14.8 Å². The summed E-state index contributed by atoms with van der Waals surface area (Å²) >= 11 is 0. The summed E-state index contributed by atoms with van der Waals surface area (Å²) < 4.78 is 5.38. The highest BCUT2D eigenvalue weighted by Gasteiger charge is 2.57. The first-order chi connectivity index (χ1) is 12.5. The minimum absolute atomic E-state index is 0.155. The molecule has 1 aromatic carbocycles. The Balaban J connectivity index is 1.79. The van der Waals surface area contributed by atoms with Gasteiger partial charge in [-0.15, -0.1) is 0 Å². The van der Waals surface area contributed by atoms with Crippen molar-refractivity contribution >= 4 is 29.2 Å². The van der Waals surface area contributed by atoms with Crippen molar-refractivity contribution in [2.75, 3.05) is 5.32 Å². The number of hydrogen-bond donors (Lipinski definition) is 2. The number of benzene rings is 1. The van der Waals surface area contributed by atoms with Gasteiger partial charge in [-0.3, -0.25) is 14.4 Å². The number of fused-ring (bicyclic) bond motifs is 2. The lowest BCUT2D eigenvalue weighted by molar-refractivity contribution is -0.146. The van der Waals surface area contributed by atoms with Crippen molar-refractivity contribution in [2.24, 2.45) is 5.10 Å². The molecule has 2 aliphatic rings. The molecule has 2 N–H and O–H groups in total. The lowest BCUT2D eigenvalue weighted by Crippen LogP contribution is -2.48. The van der Waals surface area contributed by atoms with E-state index < -0.39 is 17.4 Å². The van der Waals surface area contributed by atoms with E-state index in [1.165, 1.54) is 6.26 Å². The number of para-hydroxylation sites is 1. The smallest absolute Gasteiger partial charge is 0.303 e. The summed E-state index contributed by atoms with van der Waals surface area (Å²) in [6, 6.07) is 10.5. The average Bonchev–Trinajstić information content (AvgIpc) is 3.33. The van der Waals surface area contributed by atoms with Crippen molar-refractivity contribution in [3.05, 3.63) is 54.0 Å². The van der Waals surface area contributed by atoms with Gasteiger partial charge in [-0.25, -0.2) is 5.01 Å². The quantitative estimate of drug-likeness (QED) is 0.872. The Morgan fingerprint density at radius 3 is 2.77 bits per heavy atom. The van der Waals surface area contributed by atoms with Crippen LogP contribution in [0.25, 0.3) is 0 Å². The normalized spacial score (nSPS) is 20.8. The molecule has 2 aromatic rings. The molecule has 8 nitrogen and oxygen atoms in total. The topological polar surface area (TPSA) is 112 Å². The van der Waals surface area contributed by atoms with Gasteiger partial charge in [0.2, 0.25) is 5.91 Å². The molecule has 132 valence electrons. The first-order valence-corrected chi connectivity index (χ1v) is 8.09. The Morgan fingerprint density at radius 2 is 2.04 bits per heavy atom. The van der Waals surface area contributed by atoms with Gasteiger partial charge >= 0.3 is 5.97 Å². The number of carbonyl (C=O) groups is 3. The van der Waals surface area contributed by atoms with Crippen LogP contribution in [-0.2, 0) is 19.9 Å². The van der Waals surface area contributed by atoms with Crippen LogP contribution in [0.1, 0.15) is 30.6 Å². The second kappa shape index (κ2) is 5.83. The number of nitrogens with one attached hydrogen (secondary N) is 1. The molecule has 1 unspecified atom stereocenters. The predicted molar refractivity (Wildman–Crippen MR) is 90.3 cm³/mol. The van der Waals surface area contributed by atoms with Gasteiger partial charge in [0, 0.05) is 24.1 Å². The third kappa shape index (κ3) is 2.30. The minimum atomic E-state index is -1.33. The molecule has 8 heteroatoms. The van der Waals surface area contributed by atoms with E-state index in [0.29, 0.717) is 22.7 Å². The Kier molecular flexibility index (Phi) is 3.61. The second-order valence-corrected chi connectivity index (χ2v) is 6.16. The van der Waals surface area contributed by atoms with Crippen LogP contribution in [0, 0.1) is 0 Å². The number of furan rings is 1. The molecule has 26 heavy (non-hydrogen) atoms. The van der Waals surface area contributed by atoms with Crippen LogP contribution >= 0.6 is 0 Å². The maximum absolute atomic E-state index is 12.9. The molecule has 2 aliphatic heterocycles. The molecular weight excluding hydrogens is 338 g/mol. The molecule has 0 fully saturated rings. The van der Waals surface area contributed by atoms with Crippen LogP contribution in [0.15, 0.2) is 52.2 Å². The number of carboxylic acids is 1. The number of carbonyl (C=O) groups excluding carboxylic acids is 2. The zero-order valence-corrected chi connectivity index (χ0v) is 13.6. The van der Waals surface area contributed by atoms with Crippen molar-refractivity contribution in [1.29, 1.82) is 0 Å². The Hall–Kier alpha value is -3.42. The minimum Gasteiger partial charge on any atom is -0.481 e. The number of aliphatic carboxylic acids is 1. The summed E-state index contributed by atoms with van der Waals surface area (Å²) in [7, 11) is 0. The van der Waals surface area contributed by atoms with E-state index in [9.17, 15) is 14.4 Å². The van der Waals surface area contributed by atoms with Gasteiger partial charge in [-0.05, 0) is 18.2 Å². The highest BCUT2D eigenvalue weighted by molar-refractivity contribution is 6.14. The van der Waals surface area contributed by atoms with Crippen LogP contribution in [0.5, 0.6) is 0 Å². The standard InChI is InChI=1S/C18H15N3O5/c22-15(7-8-16(23)24)21-18(10-13(20-21)14-6-3-9-26-14)11-4-1-2-5-12(11)19-17(18)25/h1-6,9H,7-8,10H2,(H,19,25)(H,23,24). The molecule has 0 saturated carbocycles. The van der Waals surface area contributed by atoms with Crippen molar-refractivity contribution in [3.63, 3.8) is 0 Å². The highest BCUT2D eigenvalue weighted by atomic mass is 16.4. The van der Waals surface area contributed by atoms with E-state index in [1.54, 1.807) is 36.4 Å². The summed E-state index contributed by atoms with van der Waals surface area (Å²) in [4.78, 5) is 36.5. The SMILES string of the molecule is O=C(O)CCC(=O)N1N=C(c2ccco2)CC12C(=O)Nc1ccccc12. The third-order valence-corrected chi connectivity index (χ3v) is 4.60. The molecule has 1 spiro atoms. The number of carboxylic acid groups (broad SMARTS) is 1. The lowest BCUT2D eigenvalue weighted by Gasteiger charge is -2.30. The molecular formula is C18H15N3O5. The highest BCUT2D eigenvalue weighted by Crippen LogP contribution is 2.47. The first kappa shape index (κ1) is 16.1. The van der Waals surface area contributed by atoms with Crippen LogP contribution in [0.3, 0.4) is 0 Å². The van der Waals surface area contributed by atoms with E-state index in [0.717, 1.165) is 5.01 Å². The molecule has 0 bridgehead atoms. The third-order valence-electron chi connectivity index (χ3n) is 4.60. The van der Waals surface area contributed by atoms with E-state index in [1.807, 2.05) is 0 Å². The molecule has 1 atom stereocenters. The van der Waals surface area contributed by atoms with Gasteiger partial charge in [0.15, 0.2) is 5.54 Å². The van der Waals surface area contributed by atoms with E-state index >= 15 is 0 Å². The second-order valence-electron chi connectivity index (χ2n) is 6.16. The fourth-order valence-electron chi connectivity index (χ4n) is 3.41. The Morgan fingerprint density at radius 1 is 1.23 bits per heavy atom. The van der Waals surface area contributed by atoms with Crippen LogP contribution < -0.4 is 5.32 Å². The van der Waals surface area contributed by atoms with Crippen LogP contribution in [-0.4, -0.2) is 33.6 Å². The zero-order valence-electron chi connectivity index (χ0n) is 13.6. The fraction of sp³-hybridized carbons (Fsp3) is 0.222. The monoisotopic (exact) mass is 353 g/mol. The summed E-state index contributed by atoms with van der Waals surface area (Å²) in [6.07, 6.45) is 1.06. The summed E-state index contributed by atoms with van der Waals surface area (Å²) in [5.41, 5.74) is 0.392. The number of hydrogen-bond acceptors (Lipinski definition) is 5. The molecule has 0 saturated heterocycles. The molecule has 0 aliphatic carbocycles. The van der Waals surface area contributed by atoms with Gasteiger partial charge in [0.05, 0.1) is 12.7 Å². The van der Waals surface area contributed by atoms with Gasteiger partial charge in [0.25, 0.3) is 5.91 Å². The Bertz CT molecular complexity index is 934. The van der Waals surface area contributed by atoms with Crippen molar-refractivity contribution < 1.29 is 23.9 Å². The number of rotatable bonds is 4. The number of amides is 2. The molecule has 2 amide bonds. The van der Waals surface area contributed by atoms with Gasteiger partial charge in [-0.2, -0.15) is 5.10 Å². The van der Waals surface area contributed by atoms with Crippen molar-refractivity contribution in [3.8, 4) is 0 Å². The summed E-state index contributed by atoms with van der Waals surface area (Å²) in [5.74, 6) is -1.51. The first-order valence-electron chi connectivity index (χ1n) is 8.09. The van der Waals surface area contributed by atoms with Gasteiger partial charge in [-0.1, -0.05) is 18.2 Å². The van der Waals surface area contributed by atoms with E-state index in [-0.39, 0.29) is 25.2 Å². The Labute approximate surface area is 148 Å². The maximum atomic E-state index is 12.9. The largest absolute Gasteiger partial charge is 0.481 e. The fourth-order valence-corrected chi connectivity index (χ4v) is 3.41. The zero-order chi connectivity index (χ0) is 18.3. The van der Waals surface area contributed by atoms with E-state index in [2.05, 4.69) is 10.4 Å². The summed E-state index contributed by atoms with van der Waals surface area (Å²) in [6.45, 7) is 0. The van der Waals surface area contributed by atoms with Gasteiger partial charge in [0.1, 0.15) is 11.5 Å². The number of nitrogens with zero attached hydrogens (tertiary/aromatic N) is 2. The molecule has 4 rings (SSSR count). The molecule has 1 aromatic heterocycles. The lowest BCUT2D eigenvalue weighted by atomic mass is 9.85.